The van der Waals surface area contributed by atoms with E-state index < -0.39 is 50.1 Å². The molecule has 16 nitrogen and oxygen atoms in total. The highest BCUT2D eigenvalue weighted by atomic mass is 31.2. The fraction of sp³-hybridized carbons (Fsp3) is 0.632. The Kier molecular flexibility index (Phi) is 8.48. The van der Waals surface area contributed by atoms with Crippen molar-refractivity contribution in [2.75, 3.05) is 40.2 Å². The van der Waals surface area contributed by atoms with Crippen LogP contribution in [0.2, 0.25) is 0 Å². The van der Waals surface area contributed by atoms with Gasteiger partial charge < -0.3 is 34.3 Å². The van der Waals surface area contributed by atoms with Crippen LogP contribution in [0.25, 0.3) is 11.2 Å². The van der Waals surface area contributed by atoms with Crippen LogP contribution in [0.4, 0.5) is 5.95 Å². The van der Waals surface area contributed by atoms with Crippen LogP contribution >= 0.6 is 7.67 Å². The Morgan fingerprint density at radius 2 is 2.08 bits per heavy atom. The monoisotopic (exact) mass is 531 g/mol. The average molecular weight is 531 g/mol. The number of imidazole rings is 1. The molecular weight excluding hydrogens is 501 g/mol. The van der Waals surface area contributed by atoms with Crippen LogP contribution < -0.4 is 20.6 Å². The molecule has 0 spiro atoms. The topological polar surface area (TPSA) is 211 Å². The summed E-state index contributed by atoms with van der Waals surface area (Å²) < 4.78 is 40.8. The summed E-state index contributed by atoms with van der Waals surface area (Å²) >= 11 is 0. The summed E-state index contributed by atoms with van der Waals surface area (Å²) in [5, 5.41) is 16.0. The van der Waals surface area contributed by atoms with Crippen molar-refractivity contribution < 1.29 is 42.7 Å². The smallest absolute Gasteiger partial charge is 0.342 e. The van der Waals surface area contributed by atoms with Crippen molar-refractivity contribution in [2.45, 2.75) is 44.2 Å². The lowest BCUT2D eigenvalue weighted by Crippen LogP contribution is -2.39. The zero-order chi connectivity index (χ0) is 26.7. The lowest BCUT2D eigenvalue weighted by Gasteiger charge is -2.25. The molecule has 5 atom stereocenters. The van der Waals surface area contributed by atoms with Crippen molar-refractivity contribution in [1.82, 2.24) is 29.7 Å². The first-order valence-corrected chi connectivity index (χ1v) is 12.4. The van der Waals surface area contributed by atoms with E-state index in [0.717, 1.165) is 0 Å². The van der Waals surface area contributed by atoms with E-state index in [1.54, 1.807) is 6.92 Å². The number of esters is 2. The van der Waals surface area contributed by atoms with Gasteiger partial charge in [0, 0.05) is 6.42 Å². The van der Waals surface area contributed by atoms with Gasteiger partial charge in [0.2, 0.25) is 11.8 Å². The minimum atomic E-state index is -3.98. The maximum absolute atomic E-state index is 13.3. The molecular formula is C19H30N7O9P. The van der Waals surface area contributed by atoms with Gasteiger partial charge in [-0.2, -0.15) is 9.97 Å². The lowest BCUT2D eigenvalue weighted by atomic mass is 10.0. The minimum Gasteiger partial charge on any atom is -0.479 e. The van der Waals surface area contributed by atoms with Crippen LogP contribution in [0.3, 0.4) is 0 Å². The zero-order valence-corrected chi connectivity index (χ0v) is 21.4. The lowest BCUT2D eigenvalue weighted by molar-refractivity contribution is -0.142. The minimum absolute atomic E-state index is 0.0537. The fourth-order valence-electron chi connectivity index (χ4n) is 3.66. The van der Waals surface area contributed by atoms with E-state index in [2.05, 4.69) is 34.6 Å². The van der Waals surface area contributed by atoms with E-state index in [1.165, 1.54) is 39.1 Å². The summed E-state index contributed by atoms with van der Waals surface area (Å²) in [4.78, 5) is 35.8. The Morgan fingerprint density at radius 3 is 2.72 bits per heavy atom. The molecule has 5 N–H and O–H groups in total. The summed E-state index contributed by atoms with van der Waals surface area (Å²) in [6.07, 6.45) is -0.212. The number of carbonyl (C=O) groups is 2. The molecule has 0 saturated carbocycles. The van der Waals surface area contributed by atoms with E-state index in [1.807, 2.05) is 0 Å². The molecule has 0 aromatic carbocycles. The molecule has 0 aliphatic carbocycles. The van der Waals surface area contributed by atoms with Gasteiger partial charge in [-0.1, -0.05) is 0 Å². The van der Waals surface area contributed by atoms with Gasteiger partial charge in [-0.3, -0.25) is 18.7 Å². The Labute approximate surface area is 206 Å². The molecule has 1 aliphatic rings. The number of carbonyl (C=O) groups excluding carboxylic acids is 2. The quantitative estimate of drug-likeness (QED) is 0.212. The highest BCUT2D eigenvalue weighted by Crippen LogP contribution is 2.43. The van der Waals surface area contributed by atoms with Crippen molar-refractivity contribution >= 4 is 36.7 Å². The van der Waals surface area contributed by atoms with Crippen LogP contribution in [-0.4, -0.2) is 88.8 Å². The highest BCUT2D eigenvalue weighted by Gasteiger charge is 2.46. The molecule has 2 aromatic heterocycles. The zero-order valence-electron chi connectivity index (χ0n) is 20.5. The maximum Gasteiger partial charge on any atom is 0.342 e. The Bertz CT molecular complexity index is 1160. The van der Waals surface area contributed by atoms with Crippen molar-refractivity contribution in [2.24, 2.45) is 0 Å². The van der Waals surface area contributed by atoms with E-state index >= 15 is 0 Å². The predicted octanol–water partition coefficient (Wildman–Crippen LogP) is -0.506. The van der Waals surface area contributed by atoms with Crippen LogP contribution in [0, 0.1) is 0 Å². The number of ether oxygens (including phenoxy) is 4. The Morgan fingerprint density at radius 1 is 1.36 bits per heavy atom. The number of hydrogen-bond acceptors (Lipinski definition) is 13. The third-order valence-corrected chi connectivity index (χ3v) is 7.18. The first kappa shape index (κ1) is 27.7. The van der Waals surface area contributed by atoms with Gasteiger partial charge in [-0.05, 0) is 13.8 Å². The molecule has 200 valence electrons. The second kappa shape index (κ2) is 11.0. The van der Waals surface area contributed by atoms with Crippen LogP contribution in [0.1, 0.15) is 26.5 Å². The SMILES string of the molecule is COC(=O)CNP(=O)(NC(C)C(=O)OC)OCC1CC(C)(O)C(n2cnc3c(OC)nc(N)nc32)O1. The van der Waals surface area contributed by atoms with Crippen molar-refractivity contribution in [1.29, 1.82) is 0 Å². The molecule has 2 aromatic rings. The number of aliphatic hydroxyl groups is 1. The highest BCUT2D eigenvalue weighted by molar-refractivity contribution is 7.54. The van der Waals surface area contributed by atoms with Crippen molar-refractivity contribution in [3.8, 4) is 5.88 Å². The third-order valence-electron chi connectivity index (χ3n) is 5.37. The maximum atomic E-state index is 13.3. The number of nitrogens with two attached hydrogens (primary N) is 1. The van der Waals surface area contributed by atoms with Gasteiger partial charge in [0.1, 0.15) is 18.2 Å². The summed E-state index contributed by atoms with van der Waals surface area (Å²) in [5.74, 6) is -1.28. The number of fused-ring (bicyclic) bond motifs is 1. The van der Waals surface area contributed by atoms with Gasteiger partial charge in [0.05, 0.1) is 40.4 Å². The Balaban J connectivity index is 1.77. The number of hydrogen-bond donors (Lipinski definition) is 4. The number of nitrogens with one attached hydrogen (secondary N) is 2. The molecule has 1 aliphatic heterocycles. The number of methoxy groups -OCH3 is 3. The van der Waals surface area contributed by atoms with E-state index in [4.69, 9.17) is 19.7 Å². The molecule has 0 amide bonds. The molecule has 36 heavy (non-hydrogen) atoms. The number of nitrogens with zero attached hydrogens (tertiary/aromatic N) is 4. The van der Waals surface area contributed by atoms with E-state index in [-0.39, 0.29) is 30.5 Å². The summed E-state index contributed by atoms with van der Waals surface area (Å²) in [6, 6.07) is -1.02. The molecule has 1 saturated heterocycles. The number of aromatic nitrogens is 4. The summed E-state index contributed by atoms with van der Waals surface area (Å²) in [5.41, 5.74) is 4.96. The van der Waals surface area contributed by atoms with Gasteiger partial charge in [-0.15, -0.1) is 0 Å². The first-order chi connectivity index (χ1) is 16.9. The molecule has 3 rings (SSSR count). The summed E-state index contributed by atoms with van der Waals surface area (Å²) in [6.45, 7) is 2.25. The molecule has 1 fully saturated rings. The second-order valence-corrected chi connectivity index (χ2v) is 10.2. The molecule has 3 heterocycles. The van der Waals surface area contributed by atoms with E-state index in [0.29, 0.717) is 5.52 Å². The number of rotatable bonds is 11. The number of anilines is 1. The van der Waals surface area contributed by atoms with E-state index in [9.17, 15) is 19.3 Å². The van der Waals surface area contributed by atoms with Gasteiger partial charge in [0.15, 0.2) is 17.4 Å². The predicted molar refractivity (Wildman–Crippen MR) is 124 cm³/mol. The molecule has 17 heteroatoms. The summed E-state index contributed by atoms with van der Waals surface area (Å²) in [7, 11) is -0.215. The van der Waals surface area contributed by atoms with Gasteiger partial charge >= 0.3 is 19.6 Å². The number of nitrogen functional groups attached to an aromatic ring is 1. The van der Waals surface area contributed by atoms with Gasteiger partial charge in [-0.25, -0.2) is 15.2 Å². The van der Waals surface area contributed by atoms with Crippen LogP contribution in [0.5, 0.6) is 5.88 Å². The van der Waals surface area contributed by atoms with Gasteiger partial charge in [0.25, 0.3) is 0 Å². The normalized spacial score (nSPS) is 24.3. The average Bonchev–Trinajstić information content (AvgIpc) is 3.39. The van der Waals surface area contributed by atoms with Crippen LogP contribution in [-0.2, 0) is 32.9 Å². The largest absolute Gasteiger partial charge is 0.479 e. The van der Waals surface area contributed by atoms with Crippen LogP contribution in [0.15, 0.2) is 6.33 Å². The Hall–Kier alpha value is -2.88. The second-order valence-electron chi connectivity index (χ2n) is 8.22. The standard InChI is InChI=1S/C19H30N7O9P/c1-10(16(28)33-5)25-36(30,22-7-12(27)31-3)34-8-11-6-19(2,29)17(35-11)26-9-21-13-14(26)23-18(20)24-15(13)32-4/h9-11,17,29H,6-8H2,1-5H3,(H2,20,23,24)(H2,22,25,30). The molecule has 0 radical (unpaired) electrons. The van der Waals surface area contributed by atoms with Crippen molar-refractivity contribution in [3.05, 3.63) is 6.33 Å². The first-order valence-electron chi connectivity index (χ1n) is 10.8. The molecule has 0 bridgehead atoms. The molecule has 5 unspecified atom stereocenters. The third kappa shape index (κ3) is 6.08. The van der Waals surface area contributed by atoms with Crippen molar-refractivity contribution in [3.63, 3.8) is 0 Å². The fourth-order valence-corrected chi connectivity index (χ4v) is 5.25.